The molecule has 112 valence electrons. The quantitative estimate of drug-likeness (QED) is 0.896. The largest absolute Gasteiger partial charge is 0.484 e. The highest BCUT2D eigenvalue weighted by Crippen LogP contribution is 2.17. The molecule has 0 saturated carbocycles. The van der Waals surface area contributed by atoms with Gasteiger partial charge in [0.1, 0.15) is 5.75 Å². The van der Waals surface area contributed by atoms with Gasteiger partial charge in [0.05, 0.1) is 0 Å². The molecule has 1 aromatic rings. The van der Waals surface area contributed by atoms with Crippen molar-refractivity contribution in [3.8, 4) is 5.75 Å². The Balaban J connectivity index is 0.00000200. The Morgan fingerprint density at radius 2 is 2.35 bits per heavy atom. The average molecular weight is 319 g/mol. The summed E-state index contributed by atoms with van der Waals surface area (Å²) >= 11 is 5.84. The summed E-state index contributed by atoms with van der Waals surface area (Å²) in [6, 6.07) is 7.74. The fourth-order valence-electron chi connectivity index (χ4n) is 2.24. The van der Waals surface area contributed by atoms with Crippen LogP contribution in [0.1, 0.15) is 19.8 Å². The summed E-state index contributed by atoms with van der Waals surface area (Å²) in [5, 5.41) is 6.95. The second-order valence-electron chi connectivity index (χ2n) is 4.89. The molecule has 2 atom stereocenters. The molecule has 2 unspecified atom stereocenters. The molecule has 6 heteroatoms. The van der Waals surface area contributed by atoms with E-state index < -0.39 is 0 Å². The maximum Gasteiger partial charge on any atom is 0.258 e. The van der Waals surface area contributed by atoms with Crippen molar-refractivity contribution < 1.29 is 9.53 Å². The molecule has 1 amide bonds. The van der Waals surface area contributed by atoms with Crippen LogP contribution in [-0.2, 0) is 4.79 Å². The fourth-order valence-corrected chi connectivity index (χ4v) is 2.42. The lowest BCUT2D eigenvalue weighted by Crippen LogP contribution is -2.47. The van der Waals surface area contributed by atoms with E-state index in [2.05, 4.69) is 17.6 Å². The van der Waals surface area contributed by atoms with Gasteiger partial charge in [-0.2, -0.15) is 0 Å². The van der Waals surface area contributed by atoms with Gasteiger partial charge in [0.2, 0.25) is 0 Å². The Kier molecular flexibility index (Phi) is 7.13. The molecular weight excluding hydrogens is 299 g/mol. The molecule has 2 rings (SSSR count). The Morgan fingerprint density at radius 3 is 3.05 bits per heavy atom. The van der Waals surface area contributed by atoms with Crippen LogP contribution in [0, 0.1) is 0 Å². The number of rotatable bonds is 4. The van der Waals surface area contributed by atoms with Crippen molar-refractivity contribution in [2.24, 2.45) is 0 Å². The van der Waals surface area contributed by atoms with Crippen LogP contribution in [0.4, 0.5) is 0 Å². The summed E-state index contributed by atoms with van der Waals surface area (Å²) in [6.07, 6.45) is 1.93. The molecule has 0 aromatic heterocycles. The minimum Gasteiger partial charge on any atom is -0.484 e. The Morgan fingerprint density at radius 1 is 1.55 bits per heavy atom. The molecule has 1 aliphatic rings. The number of benzene rings is 1. The van der Waals surface area contributed by atoms with Crippen molar-refractivity contribution >= 4 is 29.9 Å². The molecule has 20 heavy (non-hydrogen) atoms. The molecule has 1 fully saturated rings. The highest BCUT2D eigenvalue weighted by atomic mass is 35.5. The third-order valence-electron chi connectivity index (χ3n) is 3.15. The first-order chi connectivity index (χ1) is 9.13. The van der Waals surface area contributed by atoms with Crippen LogP contribution in [0.3, 0.4) is 0 Å². The number of hydrogen-bond acceptors (Lipinski definition) is 3. The minimum absolute atomic E-state index is 0. The third kappa shape index (κ3) is 5.57. The van der Waals surface area contributed by atoms with Crippen LogP contribution in [0.5, 0.6) is 5.75 Å². The van der Waals surface area contributed by atoms with Gasteiger partial charge < -0.3 is 15.4 Å². The van der Waals surface area contributed by atoms with Crippen molar-refractivity contribution in [3.05, 3.63) is 29.3 Å². The van der Waals surface area contributed by atoms with Crippen LogP contribution >= 0.6 is 24.0 Å². The highest BCUT2D eigenvalue weighted by molar-refractivity contribution is 6.30. The number of carbonyl (C=O) groups excluding carboxylic acids is 1. The molecule has 1 saturated heterocycles. The zero-order chi connectivity index (χ0) is 13.7. The van der Waals surface area contributed by atoms with Crippen LogP contribution in [0.25, 0.3) is 0 Å². The van der Waals surface area contributed by atoms with Gasteiger partial charge in [-0.25, -0.2) is 0 Å². The topological polar surface area (TPSA) is 50.4 Å². The second kappa shape index (κ2) is 8.35. The van der Waals surface area contributed by atoms with E-state index in [1.807, 2.05) is 0 Å². The highest BCUT2D eigenvalue weighted by Gasteiger charge is 2.19. The van der Waals surface area contributed by atoms with Gasteiger partial charge in [0.25, 0.3) is 5.91 Å². The monoisotopic (exact) mass is 318 g/mol. The molecule has 4 nitrogen and oxygen atoms in total. The number of amides is 1. The van der Waals surface area contributed by atoms with Gasteiger partial charge in [-0.05, 0) is 44.5 Å². The normalized spacial score (nSPS) is 21.7. The summed E-state index contributed by atoms with van der Waals surface area (Å²) in [7, 11) is 0. The number of piperidine rings is 1. The molecule has 0 bridgehead atoms. The number of halogens is 2. The molecular formula is C14H20Cl2N2O2. The van der Waals surface area contributed by atoms with E-state index in [0.717, 1.165) is 19.4 Å². The lowest BCUT2D eigenvalue weighted by Gasteiger charge is -2.28. The lowest BCUT2D eigenvalue weighted by atomic mass is 10.0. The first kappa shape index (κ1) is 17.1. The molecule has 1 aromatic carbocycles. The predicted octanol–water partition coefficient (Wildman–Crippen LogP) is 2.40. The minimum atomic E-state index is -0.0842. The zero-order valence-electron chi connectivity index (χ0n) is 11.4. The third-order valence-corrected chi connectivity index (χ3v) is 3.39. The van der Waals surface area contributed by atoms with E-state index in [1.54, 1.807) is 24.3 Å². The molecule has 0 radical (unpaired) electrons. The van der Waals surface area contributed by atoms with E-state index >= 15 is 0 Å². The molecule has 1 aliphatic heterocycles. The lowest BCUT2D eigenvalue weighted by molar-refractivity contribution is -0.124. The predicted molar refractivity (Wildman–Crippen MR) is 82.8 cm³/mol. The van der Waals surface area contributed by atoms with E-state index in [0.29, 0.717) is 16.8 Å². The number of nitrogens with one attached hydrogen (secondary N) is 2. The van der Waals surface area contributed by atoms with Crippen molar-refractivity contribution in [2.45, 2.75) is 31.8 Å². The first-order valence-electron chi connectivity index (χ1n) is 6.54. The Labute approximate surface area is 130 Å². The SMILES string of the molecule is CC1CC(NC(=O)COc2cccc(Cl)c2)CCN1.Cl. The maximum atomic E-state index is 11.8. The Hall–Kier alpha value is -0.970. The van der Waals surface area contributed by atoms with E-state index in [1.165, 1.54) is 0 Å². The van der Waals surface area contributed by atoms with Crippen LogP contribution < -0.4 is 15.4 Å². The summed E-state index contributed by atoms with van der Waals surface area (Å²) in [5.41, 5.74) is 0. The molecule has 0 spiro atoms. The standard InChI is InChI=1S/C14H19ClN2O2.ClH/c1-10-7-12(5-6-16-10)17-14(18)9-19-13-4-2-3-11(15)8-13;/h2-4,8,10,12,16H,5-7,9H2,1H3,(H,17,18);1H. The van der Waals surface area contributed by atoms with Gasteiger partial charge in [-0.15, -0.1) is 12.4 Å². The second-order valence-corrected chi connectivity index (χ2v) is 5.33. The van der Waals surface area contributed by atoms with E-state index in [4.69, 9.17) is 16.3 Å². The Bertz CT molecular complexity index is 443. The first-order valence-corrected chi connectivity index (χ1v) is 6.92. The zero-order valence-corrected chi connectivity index (χ0v) is 13.0. The number of hydrogen-bond donors (Lipinski definition) is 2. The van der Waals surface area contributed by atoms with Crippen LogP contribution in [0.2, 0.25) is 5.02 Å². The van der Waals surface area contributed by atoms with Crippen LogP contribution in [0.15, 0.2) is 24.3 Å². The number of carbonyl (C=O) groups is 1. The van der Waals surface area contributed by atoms with Gasteiger partial charge >= 0.3 is 0 Å². The van der Waals surface area contributed by atoms with Gasteiger partial charge in [0.15, 0.2) is 6.61 Å². The van der Waals surface area contributed by atoms with Crippen molar-refractivity contribution in [1.29, 1.82) is 0 Å². The van der Waals surface area contributed by atoms with Crippen molar-refractivity contribution in [2.75, 3.05) is 13.2 Å². The summed E-state index contributed by atoms with van der Waals surface area (Å²) < 4.78 is 5.40. The fraction of sp³-hybridized carbons (Fsp3) is 0.500. The molecule has 2 N–H and O–H groups in total. The van der Waals surface area contributed by atoms with E-state index in [-0.39, 0.29) is 31.0 Å². The average Bonchev–Trinajstić information content (AvgIpc) is 2.36. The van der Waals surface area contributed by atoms with Crippen molar-refractivity contribution in [1.82, 2.24) is 10.6 Å². The van der Waals surface area contributed by atoms with Gasteiger partial charge in [-0.1, -0.05) is 17.7 Å². The summed E-state index contributed by atoms with van der Waals surface area (Å²) in [5.74, 6) is 0.528. The van der Waals surface area contributed by atoms with Gasteiger partial charge in [0, 0.05) is 17.1 Å². The molecule has 0 aliphatic carbocycles. The van der Waals surface area contributed by atoms with Gasteiger partial charge in [-0.3, -0.25) is 4.79 Å². The molecule has 1 heterocycles. The summed E-state index contributed by atoms with van der Waals surface area (Å²) in [6.45, 7) is 3.10. The summed E-state index contributed by atoms with van der Waals surface area (Å²) in [4.78, 5) is 11.8. The van der Waals surface area contributed by atoms with Crippen molar-refractivity contribution in [3.63, 3.8) is 0 Å². The van der Waals surface area contributed by atoms with Crippen LogP contribution in [-0.4, -0.2) is 31.1 Å². The smallest absolute Gasteiger partial charge is 0.258 e. The number of ether oxygens (including phenoxy) is 1. The van der Waals surface area contributed by atoms with E-state index in [9.17, 15) is 4.79 Å². The maximum absolute atomic E-state index is 11.8.